The molecule has 0 saturated heterocycles. The molecule has 0 spiro atoms. The lowest BCUT2D eigenvalue weighted by atomic mass is 9.99. The number of Topliss-reactive ketones (excluding diaryl/α,β-unsaturated/α-hetero) is 1. The van der Waals surface area contributed by atoms with E-state index in [1.54, 1.807) is 0 Å². The minimum absolute atomic E-state index is 0.229. The van der Waals surface area contributed by atoms with Crippen LogP contribution in [0.2, 0.25) is 0 Å². The third kappa shape index (κ3) is 3.90. The molecule has 19 heavy (non-hydrogen) atoms. The Labute approximate surface area is 113 Å². The number of carbonyl (C=O) groups is 1. The van der Waals surface area contributed by atoms with Crippen molar-refractivity contribution >= 4 is 11.9 Å². The second kappa shape index (κ2) is 6.66. The molecule has 0 aliphatic rings. The van der Waals surface area contributed by atoms with Crippen molar-refractivity contribution in [2.75, 3.05) is 6.61 Å². The molecule has 0 amide bonds. The zero-order valence-electron chi connectivity index (χ0n) is 10.6. The van der Waals surface area contributed by atoms with Gasteiger partial charge in [-0.25, -0.2) is 0 Å². The molecule has 0 heterocycles. The normalized spacial score (nSPS) is 11.3. The minimum Gasteiger partial charge on any atom is -0.388 e. The quantitative estimate of drug-likeness (QED) is 0.831. The zero-order chi connectivity index (χ0) is 13.5. The third-order valence-corrected chi connectivity index (χ3v) is 2.88. The van der Waals surface area contributed by atoms with Crippen molar-refractivity contribution in [3.8, 4) is 0 Å². The summed E-state index contributed by atoms with van der Waals surface area (Å²) in [6.07, 6.45) is 2.38. The van der Waals surface area contributed by atoms with Crippen molar-refractivity contribution in [2.45, 2.75) is 6.42 Å². The van der Waals surface area contributed by atoms with E-state index in [9.17, 15) is 4.79 Å². The highest BCUT2D eigenvalue weighted by atomic mass is 16.3. The highest BCUT2D eigenvalue weighted by Gasteiger charge is 2.09. The number of ketones is 1. The molecule has 2 aromatic carbocycles. The molecule has 1 N–H and O–H groups in total. The topological polar surface area (TPSA) is 37.3 Å². The molecule has 0 aromatic heterocycles. The van der Waals surface area contributed by atoms with Crippen molar-refractivity contribution in [3.63, 3.8) is 0 Å². The fourth-order valence-electron chi connectivity index (χ4n) is 1.90. The average molecular weight is 252 g/mol. The van der Waals surface area contributed by atoms with Crippen molar-refractivity contribution in [1.82, 2.24) is 0 Å². The molecule has 0 atom stereocenters. The van der Waals surface area contributed by atoms with Crippen LogP contribution in [-0.2, 0) is 11.2 Å². The van der Waals surface area contributed by atoms with Gasteiger partial charge in [0.1, 0.15) is 6.61 Å². The van der Waals surface area contributed by atoms with E-state index < -0.39 is 6.61 Å². The average Bonchev–Trinajstić information content (AvgIpc) is 2.48. The standard InChI is InChI=1S/C17H16O2/c18-13-17(19)16(11-14-7-3-1-4-8-14)12-15-9-5-2-6-10-15/h1-11,18H,12-13H2. The second-order valence-electron chi connectivity index (χ2n) is 4.32. The minimum atomic E-state index is -0.453. The highest BCUT2D eigenvalue weighted by Crippen LogP contribution is 2.13. The van der Waals surface area contributed by atoms with E-state index >= 15 is 0 Å². The Morgan fingerprint density at radius 3 is 2.11 bits per heavy atom. The predicted molar refractivity (Wildman–Crippen MR) is 76.7 cm³/mol. The number of carbonyl (C=O) groups excluding carboxylic acids is 1. The van der Waals surface area contributed by atoms with Gasteiger partial charge in [-0.05, 0) is 17.2 Å². The molecular formula is C17H16O2. The lowest BCUT2D eigenvalue weighted by molar-refractivity contribution is -0.118. The van der Waals surface area contributed by atoms with Crippen LogP contribution in [-0.4, -0.2) is 17.5 Å². The summed E-state index contributed by atoms with van der Waals surface area (Å²) in [5, 5.41) is 9.07. The van der Waals surface area contributed by atoms with Crippen molar-refractivity contribution in [2.24, 2.45) is 0 Å². The fourth-order valence-corrected chi connectivity index (χ4v) is 1.90. The molecule has 0 saturated carbocycles. The Morgan fingerprint density at radius 2 is 1.53 bits per heavy atom. The lowest BCUT2D eigenvalue weighted by Gasteiger charge is -2.06. The number of rotatable bonds is 5. The van der Waals surface area contributed by atoms with Gasteiger partial charge in [-0.2, -0.15) is 0 Å². The second-order valence-corrected chi connectivity index (χ2v) is 4.32. The van der Waals surface area contributed by atoms with Gasteiger partial charge >= 0.3 is 0 Å². The van der Waals surface area contributed by atoms with Gasteiger partial charge in [0.15, 0.2) is 5.78 Å². The summed E-state index contributed by atoms with van der Waals surface area (Å²) in [5.74, 6) is -0.229. The van der Waals surface area contributed by atoms with Gasteiger partial charge in [-0.3, -0.25) is 4.79 Å². The number of aliphatic hydroxyl groups is 1. The Kier molecular flexibility index (Phi) is 4.65. The number of benzene rings is 2. The van der Waals surface area contributed by atoms with E-state index in [1.165, 1.54) is 0 Å². The van der Waals surface area contributed by atoms with Gasteiger partial charge in [-0.1, -0.05) is 60.7 Å². The fraction of sp³-hybridized carbons (Fsp3) is 0.118. The molecule has 0 aliphatic heterocycles. The molecule has 0 radical (unpaired) electrons. The highest BCUT2D eigenvalue weighted by molar-refractivity contribution is 6.00. The third-order valence-electron chi connectivity index (χ3n) is 2.88. The molecule has 96 valence electrons. The van der Waals surface area contributed by atoms with E-state index in [0.29, 0.717) is 12.0 Å². The van der Waals surface area contributed by atoms with E-state index in [1.807, 2.05) is 66.7 Å². The van der Waals surface area contributed by atoms with E-state index in [-0.39, 0.29) is 5.78 Å². The van der Waals surface area contributed by atoms with Crippen molar-refractivity contribution < 1.29 is 9.90 Å². The van der Waals surface area contributed by atoms with E-state index in [4.69, 9.17) is 5.11 Å². The van der Waals surface area contributed by atoms with Crippen LogP contribution in [0.3, 0.4) is 0 Å². The monoisotopic (exact) mass is 252 g/mol. The Morgan fingerprint density at radius 1 is 0.947 bits per heavy atom. The Bertz CT molecular complexity index is 556. The van der Waals surface area contributed by atoms with E-state index in [0.717, 1.165) is 11.1 Å². The Balaban J connectivity index is 2.27. The van der Waals surface area contributed by atoms with Crippen LogP contribution in [0.25, 0.3) is 6.08 Å². The molecule has 2 nitrogen and oxygen atoms in total. The summed E-state index contributed by atoms with van der Waals surface area (Å²) in [6.45, 7) is -0.453. The molecule has 2 heteroatoms. The molecule has 2 rings (SSSR count). The summed E-state index contributed by atoms with van der Waals surface area (Å²) in [5.41, 5.74) is 2.65. The first-order valence-corrected chi connectivity index (χ1v) is 6.23. The van der Waals surface area contributed by atoms with Crippen LogP contribution in [0.1, 0.15) is 11.1 Å². The van der Waals surface area contributed by atoms with Gasteiger partial charge < -0.3 is 5.11 Å². The summed E-state index contributed by atoms with van der Waals surface area (Å²) < 4.78 is 0. The molecule has 0 unspecified atom stereocenters. The maximum Gasteiger partial charge on any atom is 0.184 e. The first-order chi connectivity index (χ1) is 9.29. The number of hydrogen-bond donors (Lipinski definition) is 1. The smallest absolute Gasteiger partial charge is 0.184 e. The van der Waals surface area contributed by atoms with Crippen LogP contribution in [0, 0.1) is 0 Å². The van der Waals surface area contributed by atoms with E-state index in [2.05, 4.69) is 0 Å². The molecule has 0 aliphatic carbocycles. The first-order valence-electron chi connectivity index (χ1n) is 6.23. The maximum atomic E-state index is 11.8. The molecule has 0 fully saturated rings. The molecule has 0 bridgehead atoms. The van der Waals surface area contributed by atoms with Crippen LogP contribution in [0.4, 0.5) is 0 Å². The van der Waals surface area contributed by atoms with Crippen molar-refractivity contribution in [1.29, 1.82) is 0 Å². The summed E-state index contributed by atoms with van der Waals surface area (Å²) in [7, 11) is 0. The van der Waals surface area contributed by atoms with Gasteiger partial charge in [0.25, 0.3) is 0 Å². The molecule has 2 aromatic rings. The van der Waals surface area contributed by atoms with Crippen LogP contribution >= 0.6 is 0 Å². The molecular weight excluding hydrogens is 236 g/mol. The first kappa shape index (κ1) is 13.2. The zero-order valence-corrected chi connectivity index (χ0v) is 10.6. The number of hydrogen-bond acceptors (Lipinski definition) is 2. The summed E-state index contributed by atoms with van der Waals surface area (Å²) in [6, 6.07) is 19.4. The largest absolute Gasteiger partial charge is 0.388 e. The Hall–Kier alpha value is -2.19. The van der Waals surface area contributed by atoms with Crippen molar-refractivity contribution in [3.05, 3.63) is 77.4 Å². The van der Waals surface area contributed by atoms with Gasteiger partial charge in [0, 0.05) is 12.0 Å². The summed E-state index contributed by atoms with van der Waals surface area (Å²) >= 11 is 0. The predicted octanol–water partition coefficient (Wildman–Crippen LogP) is 2.87. The SMILES string of the molecule is O=C(CO)C(=Cc1ccccc1)Cc1ccccc1. The van der Waals surface area contributed by atoms with Crippen LogP contribution in [0.5, 0.6) is 0 Å². The maximum absolute atomic E-state index is 11.8. The lowest BCUT2D eigenvalue weighted by Crippen LogP contribution is -2.09. The van der Waals surface area contributed by atoms with Crippen LogP contribution < -0.4 is 0 Å². The van der Waals surface area contributed by atoms with Gasteiger partial charge in [0.05, 0.1) is 0 Å². The number of aliphatic hydroxyl groups excluding tert-OH is 1. The van der Waals surface area contributed by atoms with Gasteiger partial charge in [-0.15, -0.1) is 0 Å². The van der Waals surface area contributed by atoms with Gasteiger partial charge in [0.2, 0.25) is 0 Å². The summed E-state index contributed by atoms with van der Waals surface area (Å²) in [4.78, 5) is 11.8. The van der Waals surface area contributed by atoms with Crippen LogP contribution in [0.15, 0.2) is 66.2 Å².